The molecule has 2 atom stereocenters. The molecule has 2 unspecified atom stereocenters. The van der Waals surface area contributed by atoms with Crippen molar-refractivity contribution in [1.29, 1.82) is 0 Å². The molecule has 3 aromatic rings. The van der Waals surface area contributed by atoms with Gasteiger partial charge in [0.15, 0.2) is 5.13 Å². The van der Waals surface area contributed by atoms with E-state index in [1.165, 1.54) is 29.8 Å². The lowest BCUT2D eigenvalue weighted by molar-refractivity contribution is -0.120. The Kier molecular flexibility index (Phi) is 6.19. The monoisotopic (exact) mass is 486 g/mol. The molecule has 1 aromatic carbocycles. The first-order chi connectivity index (χ1) is 15.7. The van der Waals surface area contributed by atoms with E-state index in [0.717, 1.165) is 21.5 Å². The number of thiazole rings is 1. The Hall–Kier alpha value is -3.28. The van der Waals surface area contributed by atoms with Crippen LogP contribution in [0.15, 0.2) is 66.8 Å². The number of hydrogen-bond acceptors (Lipinski definition) is 7. The maximum atomic E-state index is 13.2. The number of benzene rings is 1. The number of rotatable bonds is 9. The Bertz CT molecular complexity index is 1300. The van der Waals surface area contributed by atoms with Crippen LogP contribution < -0.4 is 10.6 Å². The second-order valence-corrected chi connectivity index (χ2v) is 10.3. The molecule has 172 valence electrons. The predicted molar refractivity (Wildman–Crippen MR) is 126 cm³/mol. The minimum Gasteiger partial charge on any atom is -0.371 e. The molecule has 33 heavy (non-hydrogen) atoms. The molecule has 2 aromatic heterocycles. The van der Waals surface area contributed by atoms with Gasteiger partial charge in [0.05, 0.1) is 30.2 Å². The molecule has 1 aliphatic rings. The summed E-state index contributed by atoms with van der Waals surface area (Å²) < 4.78 is 29.9. The van der Waals surface area contributed by atoms with Crippen molar-refractivity contribution in [1.82, 2.24) is 14.3 Å². The molecular formula is C22H22N4O5S2. The summed E-state index contributed by atoms with van der Waals surface area (Å²) in [6.07, 6.45) is 4.78. The summed E-state index contributed by atoms with van der Waals surface area (Å²) in [5, 5.41) is 7.73. The summed E-state index contributed by atoms with van der Waals surface area (Å²) in [5.41, 5.74) is 0.464. The highest BCUT2D eigenvalue weighted by atomic mass is 32.2. The molecule has 2 N–H and O–H groups in total. The Balaban J connectivity index is 1.51. The summed E-state index contributed by atoms with van der Waals surface area (Å²) in [7, 11) is -3.53. The Morgan fingerprint density at radius 2 is 2.09 bits per heavy atom. The summed E-state index contributed by atoms with van der Waals surface area (Å²) in [6.45, 7) is 3.82. The highest BCUT2D eigenvalue weighted by molar-refractivity contribution is 7.89. The summed E-state index contributed by atoms with van der Waals surface area (Å²) in [6, 6.07) is 10.9. The van der Waals surface area contributed by atoms with E-state index in [1.54, 1.807) is 6.08 Å². The number of nitrogens with zero attached hydrogens (tertiary/aromatic N) is 2. The predicted octanol–water partition coefficient (Wildman–Crippen LogP) is 2.50. The summed E-state index contributed by atoms with van der Waals surface area (Å²) in [5.74, 6) is -1.04. The van der Waals surface area contributed by atoms with Gasteiger partial charge in [0, 0.05) is 29.8 Å². The number of nitrogens with one attached hydrogen (secondary N) is 2. The van der Waals surface area contributed by atoms with Gasteiger partial charge in [-0.1, -0.05) is 36.4 Å². The molecule has 0 radical (unpaired) electrons. The van der Waals surface area contributed by atoms with E-state index in [1.807, 2.05) is 35.7 Å². The highest BCUT2D eigenvalue weighted by Crippen LogP contribution is 2.41. The van der Waals surface area contributed by atoms with Gasteiger partial charge in [-0.2, -0.15) is 0 Å². The normalized spacial score (nSPS) is 19.6. The zero-order valence-corrected chi connectivity index (χ0v) is 19.4. The molecule has 1 saturated carbocycles. The number of anilines is 1. The fraction of sp³-hybridized carbons (Fsp3) is 0.227. The van der Waals surface area contributed by atoms with Crippen LogP contribution in [0.4, 0.5) is 5.13 Å². The lowest BCUT2D eigenvalue weighted by atomic mass is 10.2. The number of amides is 2. The molecule has 0 bridgehead atoms. The van der Waals surface area contributed by atoms with Crippen molar-refractivity contribution >= 4 is 38.3 Å². The molecular weight excluding hydrogens is 464 g/mol. The largest absolute Gasteiger partial charge is 0.371 e. The van der Waals surface area contributed by atoms with Gasteiger partial charge >= 0.3 is 0 Å². The van der Waals surface area contributed by atoms with Crippen molar-refractivity contribution < 1.29 is 22.7 Å². The minimum absolute atomic E-state index is 0.114. The summed E-state index contributed by atoms with van der Waals surface area (Å²) >= 11 is 1.27. The molecule has 11 heteroatoms. The zero-order chi connectivity index (χ0) is 23.6. The lowest BCUT2D eigenvalue weighted by Gasteiger charge is -2.18. The molecule has 0 saturated heterocycles. The van der Waals surface area contributed by atoms with E-state index in [9.17, 15) is 18.0 Å². The molecule has 4 rings (SSSR count). The Morgan fingerprint density at radius 1 is 1.33 bits per heavy atom. The van der Waals surface area contributed by atoms with Gasteiger partial charge in [0.1, 0.15) is 5.54 Å². The number of hydrogen-bond donors (Lipinski definition) is 2. The van der Waals surface area contributed by atoms with Crippen LogP contribution in [0.25, 0.3) is 11.3 Å². The molecule has 0 spiro atoms. The summed E-state index contributed by atoms with van der Waals surface area (Å²) in [4.78, 5) is 30.5. The molecule has 2 heterocycles. The topological polar surface area (TPSA) is 119 Å². The van der Waals surface area contributed by atoms with Crippen LogP contribution in [0.3, 0.4) is 0 Å². The number of carbonyl (C=O) groups is 2. The van der Waals surface area contributed by atoms with Gasteiger partial charge in [-0.3, -0.25) is 18.9 Å². The number of carbonyl (C=O) groups excluding carboxylic acids is 2. The van der Waals surface area contributed by atoms with E-state index in [2.05, 4.69) is 22.2 Å². The van der Waals surface area contributed by atoms with E-state index in [4.69, 9.17) is 4.74 Å². The van der Waals surface area contributed by atoms with Crippen molar-refractivity contribution in [2.75, 3.05) is 18.2 Å². The maximum absolute atomic E-state index is 13.2. The number of ether oxygens (including phenoxy) is 1. The van der Waals surface area contributed by atoms with Gasteiger partial charge in [-0.25, -0.2) is 13.4 Å². The molecule has 9 nitrogen and oxygen atoms in total. The number of aromatic nitrogens is 2. The third kappa shape index (κ3) is 4.90. The second-order valence-electron chi connectivity index (χ2n) is 7.59. The quantitative estimate of drug-likeness (QED) is 0.449. The van der Waals surface area contributed by atoms with E-state index < -0.39 is 33.5 Å². The first kappa shape index (κ1) is 22.9. The van der Waals surface area contributed by atoms with Gasteiger partial charge in [-0.15, -0.1) is 17.9 Å². The molecule has 1 aliphatic carbocycles. The van der Waals surface area contributed by atoms with Crippen LogP contribution >= 0.6 is 11.3 Å². The van der Waals surface area contributed by atoms with Crippen LogP contribution in [0, 0.1) is 0 Å². The third-order valence-electron chi connectivity index (χ3n) is 5.16. The zero-order valence-electron chi connectivity index (χ0n) is 17.7. The maximum Gasteiger partial charge on any atom is 0.254 e. The lowest BCUT2D eigenvalue weighted by Crippen LogP contribution is -2.49. The van der Waals surface area contributed by atoms with Crippen LogP contribution in [-0.2, 0) is 19.6 Å². The average molecular weight is 487 g/mol. The smallest absolute Gasteiger partial charge is 0.254 e. The average Bonchev–Trinajstić information content (AvgIpc) is 3.15. The molecule has 2 amide bonds. The van der Waals surface area contributed by atoms with Gasteiger partial charge in [0.2, 0.25) is 10.0 Å². The highest BCUT2D eigenvalue weighted by Gasteiger charge is 2.62. The fourth-order valence-electron chi connectivity index (χ4n) is 3.32. The first-order valence-corrected chi connectivity index (χ1v) is 12.7. The molecule has 0 aliphatic heterocycles. The van der Waals surface area contributed by atoms with Crippen LogP contribution in [0.5, 0.6) is 0 Å². The van der Waals surface area contributed by atoms with Crippen LogP contribution in [-0.4, -0.2) is 53.7 Å². The van der Waals surface area contributed by atoms with Crippen molar-refractivity contribution in [2.45, 2.75) is 18.1 Å². The van der Waals surface area contributed by atoms with Gasteiger partial charge < -0.3 is 10.1 Å². The second kappa shape index (κ2) is 8.93. The fourth-order valence-corrected chi connectivity index (χ4v) is 4.62. The molecule has 1 fully saturated rings. The Labute approximate surface area is 195 Å². The van der Waals surface area contributed by atoms with E-state index in [0.29, 0.717) is 5.13 Å². The standard InChI is InChI=1S/C22H22N4O5S2/c1-3-11-31-18-12-22(18,25-19(27)16-9-10-26(13-16)33(2,29)30)20(28)24-21-23-17(14-32-21)15-7-5-4-6-8-15/h3-10,13-14,18H,1,11-12H2,2H3,(H,25,27)(H,23,24,28). The van der Waals surface area contributed by atoms with Crippen molar-refractivity contribution in [3.05, 3.63) is 72.4 Å². The van der Waals surface area contributed by atoms with Crippen molar-refractivity contribution in [3.8, 4) is 11.3 Å². The minimum atomic E-state index is -3.53. The van der Waals surface area contributed by atoms with E-state index in [-0.39, 0.29) is 18.6 Å². The van der Waals surface area contributed by atoms with Gasteiger partial charge in [-0.05, 0) is 6.07 Å². The van der Waals surface area contributed by atoms with Crippen molar-refractivity contribution in [3.63, 3.8) is 0 Å². The van der Waals surface area contributed by atoms with E-state index >= 15 is 0 Å². The van der Waals surface area contributed by atoms with Crippen molar-refractivity contribution in [2.24, 2.45) is 0 Å². The first-order valence-electron chi connectivity index (χ1n) is 9.99. The SMILES string of the molecule is C=CCOC1CC1(NC(=O)c1ccn(S(C)(=O)=O)c1)C(=O)Nc1nc(-c2ccccc2)cs1. The van der Waals surface area contributed by atoms with Crippen LogP contribution in [0.1, 0.15) is 16.8 Å². The Morgan fingerprint density at radius 3 is 2.76 bits per heavy atom. The van der Waals surface area contributed by atoms with Crippen LogP contribution in [0.2, 0.25) is 0 Å². The van der Waals surface area contributed by atoms with Gasteiger partial charge in [0.25, 0.3) is 11.8 Å². The third-order valence-corrected chi connectivity index (χ3v) is 6.91.